The van der Waals surface area contributed by atoms with E-state index in [1.165, 1.54) is 6.42 Å². The lowest BCUT2D eigenvalue weighted by Gasteiger charge is -2.15. The summed E-state index contributed by atoms with van der Waals surface area (Å²) in [4.78, 5) is 10.8. The highest BCUT2D eigenvalue weighted by atomic mass is 79.9. The average Bonchev–Trinajstić information content (AvgIpc) is 2.68. The third kappa shape index (κ3) is 2.82. The number of anilines is 1. The van der Waals surface area contributed by atoms with Crippen LogP contribution in [-0.4, -0.2) is 28.9 Å². The molecule has 2 rings (SSSR count). The molecule has 3 nitrogen and oxygen atoms in total. The Balaban J connectivity index is 1.98. The molecule has 5 heteroatoms. The fourth-order valence-corrected chi connectivity index (χ4v) is 2.39. The first-order valence-electron chi connectivity index (χ1n) is 5.08. The van der Waals surface area contributed by atoms with Gasteiger partial charge in [-0.05, 0) is 34.7 Å². The van der Waals surface area contributed by atoms with Crippen molar-refractivity contribution in [3.8, 4) is 0 Å². The van der Waals surface area contributed by atoms with Gasteiger partial charge in [-0.2, -0.15) is 0 Å². The molecule has 0 bridgehead atoms. The Bertz CT molecular complexity index is 317. The minimum absolute atomic E-state index is 0.703. The smallest absolute Gasteiger partial charge is 0.225 e. The maximum absolute atomic E-state index is 5.74. The summed E-state index contributed by atoms with van der Waals surface area (Å²) in [5.74, 6) is 2.28. The molecule has 1 aliphatic rings. The van der Waals surface area contributed by atoms with E-state index in [9.17, 15) is 0 Å². The second kappa shape index (κ2) is 5.12. The molecule has 1 saturated heterocycles. The predicted octanol–water partition coefficient (Wildman–Crippen LogP) is 2.69. The molecule has 2 heterocycles. The molecule has 82 valence electrons. The van der Waals surface area contributed by atoms with Crippen LogP contribution in [0.15, 0.2) is 16.9 Å². The Morgan fingerprint density at radius 3 is 2.87 bits per heavy atom. The van der Waals surface area contributed by atoms with Crippen molar-refractivity contribution in [3.63, 3.8) is 0 Å². The normalized spacial score (nSPS) is 20.9. The Labute approximate surface area is 103 Å². The van der Waals surface area contributed by atoms with Crippen molar-refractivity contribution in [2.24, 2.45) is 5.92 Å². The molecule has 0 aliphatic carbocycles. The molecule has 0 N–H and O–H groups in total. The Morgan fingerprint density at radius 2 is 2.20 bits per heavy atom. The summed E-state index contributed by atoms with van der Waals surface area (Å²) in [6.07, 6.45) is 5.87. The van der Waals surface area contributed by atoms with E-state index in [2.05, 4.69) is 30.8 Å². The van der Waals surface area contributed by atoms with Crippen LogP contribution in [0.1, 0.15) is 12.8 Å². The maximum atomic E-state index is 5.74. The zero-order chi connectivity index (χ0) is 10.7. The molecule has 0 amide bonds. The third-order valence-corrected chi connectivity index (χ3v) is 3.32. The Kier molecular flexibility index (Phi) is 3.81. The Morgan fingerprint density at radius 1 is 1.47 bits per heavy atom. The fourth-order valence-electron chi connectivity index (χ4n) is 1.87. The van der Waals surface area contributed by atoms with Crippen molar-refractivity contribution < 1.29 is 0 Å². The van der Waals surface area contributed by atoms with Crippen molar-refractivity contribution in [1.29, 1.82) is 0 Å². The quantitative estimate of drug-likeness (QED) is 0.802. The van der Waals surface area contributed by atoms with Gasteiger partial charge in [-0.3, -0.25) is 0 Å². The zero-order valence-corrected chi connectivity index (χ0v) is 10.7. The van der Waals surface area contributed by atoms with Gasteiger partial charge in [0.15, 0.2) is 0 Å². The van der Waals surface area contributed by atoms with Crippen LogP contribution in [0.5, 0.6) is 0 Å². The van der Waals surface area contributed by atoms with Crippen LogP contribution in [0.3, 0.4) is 0 Å². The van der Waals surface area contributed by atoms with Crippen LogP contribution >= 0.6 is 27.5 Å². The summed E-state index contributed by atoms with van der Waals surface area (Å²) in [5.41, 5.74) is 0. The van der Waals surface area contributed by atoms with E-state index in [0.717, 1.165) is 35.8 Å². The standard InChI is InChI=1S/C10H13BrClN3/c11-9-5-13-10(14-6-9)15-4-2-8(7-15)1-3-12/h5-6,8H,1-4,7H2. The van der Waals surface area contributed by atoms with E-state index in [1.807, 2.05) is 0 Å². The van der Waals surface area contributed by atoms with Gasteiger partial charge in [0.1, 0.15) is 0 Å². The summed E-state index contributed by atoms with van der Waals surface area (Å²) < 4.78 is 0.919. The van der Waals surface area contributed by atoms with Gasteiger partial charge in [0, 0.05) is 31.4 Å². The molecule has 1 atom stereocenters. The van der Waals surface area contributed by atoms with E-state index >= 15 is 0 Å². The van der Waals surface area contributed by atoms with Gasteiger partial charge in [0.25, 0.3) is 0 Å². The van der Waals surface area contributed by atoms with Crippen molar-refractivity contribution >= 4 is 33.5 Å². The molecule has 0 spiro atoms. The van der Waals surface area contributed by atoms with E-state index in [0.29, 0.717) is 5.92 Å². The number of rotatable bonds is 3. The molecule has 1 aromatic rings. The number of hydrogen-bond acceptors (Lipinski definition) is 3. The summed E-state index contributed by atoms with van der Waals surface area (Å²) in [7, 11) is 0. The highest BCUT2D eigenvalue weighted by Gasteiger charge is 2.23. The number of aromatic nitrogens is 2. The number of hydrogen-bond donors (Lipinski definition) is 0. The lowest BCUT2D eigenvalue weighted by atomic mass is 10.1. The molecule has 1 aliphatic heterocycles. The lowest BCUT2D eigenvalue weighted by Crippen LogP contribution is -2.21. The topological polar surface area (TPSA) is 29.0 Å². The molecule has 1 aromatic heterocycles. The Hall–Kier alpha value is -0.350. The summed E-state index contributed by atoms with van der Waals surface area (Å²) in [6.45, 7) is 2.08. The minimum Gasteiger partial charge on any atom is -0.341 e. The van der Waals surface area contributed by atoms with Crippen molar-refractivity contribution in [1.82, 2.24) is 9.97 Å². The SMILES string of the molecule is ClCCC1CCN(c2ncc(Br)cn2)C1. The van der Waals surface area contributed by atoms with Gasteiger partial charge in [0.2, 0.25) is 5.95 Å². The lowest BCUT2D eigenvalue weighted by molar-refractivity contribution is 0.571. The second-order valence-electron chi connectivity index (χ2n) is 3.78. The number of alkyl halides is 1. The minimum atomic E-state index is 0.703. The van der Waals surface area contributed by atoms with Crippen LogP contribution in [0.4, 0.5) is 5.95 Å². The molecular weight excluding hydrogens is 277 g/mol. The fraction of sp³-hybridized carbons (Fsp3) is 0.600. The van der Waals surface area contributed by atoms with Gasteiger partial charge in [-0.15, -0.1) is 11.6 Å². The van der Waals surface area contributed by atoms with E-state index in [1.54, 1.807) is 12.4 Å². The monoisotopic (exact) mass is 289 g/mol. The van der Waals surface area contributed by atoms with Crippen LogP contribution in [0.25, 0.3) is 0 Å². The van der Waals surface area contributed by atoms with Gasteiger partial charge in [-0.1, -0.05) is 0 Å². The van der Waals surface area contributed by atoms with Crippen molar-refractivity contribution in [2.45, 2.75) is 12.8 Å². The van der Waals surface area contributed by atoms with E-state index < -0.39 is 0 Å². The maximum Gasteiger partial charge on any atom is 0.225 e. The largest absolute Gasteiger partial charge is 0.341 e. The van der Waals surface area contributed by atoms with Crippen LogP contribution in [0.2, 0.25) is 0 Å². The van der Waals surface area contributed by atoms with Gasteiger partial charge in [-0.25, -0.2) is 9.97 Å². The number of halogens is 2. The molecule has 15 heavy (non-hydrogen) atoms. The van der Waals surface area contributed by atoms with Crippen LogP contribution < -0.4 is 4.90 Å². The molecule has 0 saturated carbocycles. The van der Waals surface area contributed by atoms with Crippen LogP contribution in [0, 0.1) is 5.92 Å². The van der Waals surface area contributed by atoms with Gasteiger partial charge in [0.05, 0.1) is 4.47 Å². The van der Waals surface area contributed by atoms with Gasteiger partial charge < -0.3 is 4.90 Å². The van der Waals surface area contributed by atoms with Crippen LogP contribution in [-0.2, 0) is 0 Å². The first-order valence-corrected chi connectivity index (χ1v) is 6.41. The number of nitrogens with zero attached hydrogens (tertiary/aromatic N) is 3. The van der Waals surface area contributed by atoms with Crippen molar-refractivity contribution in [2.75, 3.05) is 23.9 Å². The average molecular weight is 291 g/mol. The van der Waals surface area contributed by atoms with Gasteiger partial charge >= 0.3 is 0 Å². The van der Waals surface area contributed by atoms with E-state index in [4.69, 9.17) is 11.6 Å². The second-order valence-corrected chi connectivity index (χ2v) is 5.07. The molecular formula is C10H13BrClN3. The highest BCUT2D eigenvalue weighted by molar-refractivity contribution is 9.10. The summed E-state index contributed by atoms with van der Waals surface area (Å²) in [6, 6.07) is 0. The molecule has 1 unspecified atom stereocenters. The van der Waals surface area contributed by atoms with E-state index in [-0.39, 0.29) is 0 Å². The highest BCUT2D eigenvalue weighted by Crippen LogP contribution is 2.23. The first-order chi connectivity index (χ1) is 7.29. The zero-order valence-electron chi connectivity index (χ0n) is 8.37. The predicted molar refractivity (Wildman–Crippen MR) is 65.4 cm³/mol. The first kappa shape index (κ1) is 11.1. The summed E-state index contributed by atoms with van der Waals surface area (Å²) in [5, 5.41) is 0. The third-order valence-electron chi connectivity index (χ3n) is 2.69. The molecule has 0 radical (unpaired) electrons. The summed E-state index contributed by atoms with van der Waals surface area (Å²) >= 11 is 9.07. The molecule has 1 fully saturated rings. The molecule has 0 aromatic carbocycles. The van der Waals surface area contributed by atoms with Crippen molar-refractivity contribution in [3.05, 3.63) is 16.9 Å².